The summed E-state index contributed by atoms with van der Waals surface area (Å²) in [6.07, 6.45) is 2.48. The van der Waals surface area contributed by atoms with Crippen molar-refractivity contribution >= 4 is 0 Å². The maximum Gasteiger partial charge on any atom is 0.0244 e. The van der Waals surface area contributed by atoms with E-state index >= 15 is 0 Å². The molecular weight excluding hydrogens is 174 g/mol. The van der Waals surface area contributed by atoms with Crippen LogP contribution in [0.25, 0.3) is 0 Å². The van der Waals surface area contributed by atoms with E-state index in [4.69, 9.17) is 5.73 Å². The summed E-state index contributed by atoms with van der Waals surface area (Å²) in [5.41, 5.74) is 5.97. The van der Waals surface area contributed by atoms with Gasteiger partial charge in [0, 0.05) is 30.7 Å². The Balaban J connectivity index is 2.01. The van der Waals surface area contributed by atoms with E-state index in [0.717, 1.165) is 25.0 Å². The summed E-state index contributed by atoms with van der Waals surface area (Å²) in [6, 6.07) is 1.59. The molecule has 2 rings (SSSR count). The smallest absolute Gasteiger partial charge is 0.0244 e. The van der Waals surface area contributed by atoms with Crippen molar-refractivity contribution in [2.45, 2.75) is 44.3 Å². The molecule has 14 heavy (non-hydrogen) atoms. The molecule has 82 valence electrons. The lowest BCUT2D eigenvalue weighted by Gasteiger charge is -2.43. The molecule has 0 aromatic rings. The van der Waals surface area contributed by atoms with Crippen LogP contribution in [0, 0.1) is 0 Å². The second kappa shape index (κ2) is 3.47. The lowest BCUT2D eigenvalue weighted by Crippen LogP contribution is -2.54. The van der Waals surface area contributed by atoms with Crippen LogP contribution in [0.5, 0.6) is 0 Å². The minimum Gasteiger partial charge on any atom is -0.330 e. The SMILES string of the molecule is CN1CC2CC1CN2C(C)(C)CCN. The first-order valence-electron chi connectivity index (χ1n) is 5.71. The molecule has 2 fully saturated rings. The average molecular weight is 197 g/mol. The monoisotopic (exact) mass is 197 g/mol. The molecule has 2 N–H and O–H groups in total. The molecule has 3 heteroatoms. The number of nitrogens with two attached hydrogens (primary N) is 1. The fourth-order valence-electron chi connectivity index (χ4n) is 3.10. The Hall–Kier alpha value is -0.120. The molecule has 0 aliphatic carbocycles. The average Bonchev–Trinajstić information content (AvgIpc) is 2.61. The Morgan fingerprint density at radius 1 is 1.29 bits per heavy atom. The van der Waals surface area contributed by atoms with Crippen LogP contribution in [0.2, 0.25) is 0 Å². The van der Waals surface area contributed by atoms with Crippen LogP contribution >= 0.6 is 0 Å². The van der Waals surface area contributed by atoms with Gasteiger partial charge in [0.05, 0.1) is 0 Å². The maximum absolute atomic E-state index is 5.67. The Bertz CT molecular complexity index is 213. The van der Waals surface area contributed by atoms with Gasteiger partial charge in [0.1, 0.15) is 0 Å². The Morgan fingerprint density at radius 2 is 2.00 bits per heavy atom. The second-order valence-electron chi connectivity index (χ2n) is 5.49. The quantitative estimate of drug-likeness (QED) is 0.715. The van der Waals surface area contributed by atoms with Crippen LogP contribution in [0.3, 0.4) is 0 Å². The fraction of sp³-hybridized carbons (Fsp3) is 1.00. The molecule has 2 unspecified atom stereocenters. The molecule has 0 spiro atoms. The summed E-state index contributed by atoms with van der Waals surface area (Å²) >= 11 is 0. The number of nitrogens with zero attached hydrogens (tertiary/aromatic N) is 2. The van der Waals surface area contributed by atoms with E-state index in [2.05, 4.69) is 30.7 Å². The van der Waals surface area contributed by atoms with Gasteiger partial charge in [0.25, 0.3) is 0 Å². The van der Waals surface area contributed by atoms with Gasteiger partial charge in [-0.1, -0.05) is 0 Å². The van der Waals surface area contributed by atoms with Crippen LogP contribution in [0.1, 0.15) is 26.7 Å². The van der Waals surface area contributed by atoms with Gasteiger partial charge in [-0.15, -0.1) is 0 Å². The molecule has 0 aromatic heterocycles. The minimum atomic E-state index is 0.301. The van der Waals surface area contributed by atoms with Crippen LogP contribution < -0.4 is 5.73 Å². The van der Waals surface area contributed by atoms with Crippen molar-refractivity contribution in [3.63, 3.8) is 0 Å². The minimum absolute atomic E-state index is 0.301. The van der Waals surface area contributed by atoms with E-state index in [0.29, 0.717) is 5.54 Å². The standard InChI is InChI=1S/C11H23N3/c1-11(2,4-5-12)14-8-9-6-10(14)7-13(9)3/h9-10H,4-8,12H2,1-3H3. The first-order chi connectivity index (χ1) is 6.54. The Morgan fingerprint density at radius 3 is 2.43 bits per heavy atom. The number of piperazine rings is 1. The predicted octanol–water partition coefficient (Wildman–Crippen LogP) is 0.502. The van der Waals surface area contributed by atoms with Gasteiger partial charge in [0.15, 0.2) is 0 Å². The first-order valence-corrected chi connectivity index (χ1v) is 5.71. The second-order valence-corrected chi connectivity index (χ2v) is 5.49. The summed E-state index contributed by atoms with van der Waals surface area (Å²) < 4.78 is 0. The molecule has 2 bridgehead atoms. The molecule has 2 aliphatic heterocycles. The van der Waals surface area contributed by atoms with Crippen LogP contribution in [0.15, 0.2) is 0 Å². The van der Waals surface area contributed by atoms with Gasteiger partial charge >= 0.3 is 0 Å². The van der Waals surface area contributed by atoms with Crippen LogP contribution in [-0.2, 0) is 0 Å². The molecule has 0 radical (unpaired) electrons. The number of hydrogen-bond donors (Lipinski definition) is 1. The van der Waals surface area contributed by atoms with Crippen molar-refractivity contribution in [2.75, 3.05) is 26.7 Å². The zero-order valence-corrected chi connectivity index (χ0v) is 9.66. The third-order valence-corrected chi connectivity index (χ3v) is 4.05. The summed E-state index contributed by atoms with van der Waals surface area (Å²) in [5.74, 6) is 0. The van der Waals surface area contributed by atoms with Crippen molar-refractivity contribution in [3.05, 3.63) is 0 Å². The molecule has 2 atom stereocenters. The molecular formula is C11H23N3. The lowest BCUT2D eigenvalue weighted by atomic mass is 9.97. The highest BCUT2D eigenvalue weighted by molar-refractivity contribution is 5.03. The molecule has 0 aromatic carbocycles. The number of hydrogen-bond acceptors (Lipinski definition) is 3. The van der Waals surface area contributed by atoms with Crippen LogP contribution in [0.4, 0.5) is 0 Å². The van der Waals surface area contributed by atoms with E-state index in [9.17, 15) is 0 Å². The van der Waals surface area contributed by atoms with Crippen LogP contribution in [-0.4, -0.2) is 54.1 Å². The van der Waals surface area contributed by atoms with Crippen molar-refractivity contribution in [2.24, 2.45) is 5.73 Å². The zero-order valence-electron chi connectivity index (χ0n) is 9.66. The topological polar surface area (TPSA) is 32.5 Å². The number of likely N-dealkylation sites (tertiary alicyclic amines) is 2. The van der Waals surface area contributed by atoms with Gasteiger partial charge in [0.2, 0.25) is 0 Å². The summed E-state index contributed by atoms with van der Waals surface area (Å²) in [7, 11) is 2.25. The first kappa shape index (κ1) is 10.4. The zero-order chi connectivity index (χ0) is 10.3. The molecule has 2 heterocycles. The molecule has 3 nitrogen and oxygen atoms in total. The summed E-state index contributed by atoms with van der Waals surface area (Å²) in [5, 5.41) is 0. The Kier molecular flexibility index (Phi) is 2.58. The highest BCUT2D eigenvalue weighted by Crippen LogP contribution is 2.35. The molecule has 2 saturated heterocycles. The van der Waals surface area contributed by atoms with E-state index in [1.165, 1.54) is 19.5 Å². The largest absolute Gasteiger partial charge is 0.330 e. The van der Waals surface area contributed by atoms with E-state index in [1.54, 1.807) is 0 Å². The maximum atomic E-state index is 5.67. The lowest BCUT2D eigenvalue weighted by molar-refractivity contribution is 0.0523. The third kappa shape index (κ3) is 1.58. The normalized spacial score (nSPS) is 34.3. The van der Waals surface area contributed by atoms with Gasteiger partial charge in [-0.25, -0.2) is 0 Å². The highest BCUT2D eigenvalue weighted by Gasteiger charge is 2.46. The molecule has 0 amide bonds. The van der Waals surface area contributed by atoms with Crippen molar-refractivity contribution < 1.29 is 0 Å². The molecule has 0 saturated carbocycles. The summed E-state index contributed by atoms with van der Waals surface area (Å²) in [4.78, 5) is 5.17. The number of likely N-dealkylation sites (N-methyl/N-ethyl adjacent to an activating group) is 1. The highest BCUT2D eigenvalue weighted by atomic mass is 15.4. The Labute approximate surface area is 87.2 Å². The van der Waals surface area contributed by atoms with Crippen molar-refractivity contribution in [3.8, 4) is 0 Å². The van der Waals surface area contributed by atoms with Gasteiger partial charge in [-0.05, 0) is 40.3 Å². The van der Waals surface area contributed by atoms with Gasteiger partial charge in [-0.2, -0.15) is 0 Å². The van der Waals surface area contributed by atoms with Gasteiger partial charge in [-0.3, -0.25) is 4.90 Å². The van der Waals surface area contributed by atoms with E-state index in [1.807, 2.05) is 0 Å². The number of fused-ring (bicyclic) bond motifs is 2. The third-order valence-electron chi connectivity index (χ3n) is 4.05. The van der Waals surface area contributed by atoms with Crippen molar-refractivity contribution in [1.29, 1.82) is 0 Å². The fourth-order valence-corrected chi connectivity index (χ4v) is 3.10. The van der Waals surface area contributed by atoms with Crippen molar-refractivity contribution in [1.82, 2.24) is 9.80 Å². The molecule has 2 aliphatic rings. The van der Waals surface area contributed by atoms with Gasteiger partial charge < -0.3 is 10.6 Å². The van der Waals surface area contributed by atoms with E-state index in [-0.39, 0.29) is 0 Å². The number of rotatable bonds is 3. The predicted molar refractivity (Wildman–Crippen MR) is 59.3 cm³/mol. The summed E-state index contributed by atoms with van der Waals surface area (Å²) in [6.45, 7) is 7.96. The van der Waals surface area contributed by atoms with E-state index < -0.39 is 0 Å².